The molecule has 0 atom stereocenters. The fraction of sp³-hybridized carbons (Fsp3) is 0.375. The summed E-state index contributed by atoms with van der Waals surface area (Å²) in [7, 11) is 0. The predicted octanol–water partition coefficient (Wildman–Crippen LogP) is 10.2. The van der Waals surface area contributed by atoms with Crippen LogP contribution in [0.2, 0.25) is 0 Å². The molecule has 0 saturated carbocycles. The summed E-state index contributed by atoms with van der Waals surface area (Å²) >= 11 is 0. The molecule has 5 aromatic rings. The quantitative estimate of drug-likeness (QED) is 0.0605. The first-order valence-electron chi connectivity index (χ1n) is 20.2. The van der Waals surface area contributed by atoms with Crippen molar-refractivity contribution >= 4 is 5.78 Å². The monoisotopic (exact) mass is 742 g/mol. The van der Waals surface area contributed by atoms with E-state index in [0.717, 1.165) is 32.2 Å². The lowest BCUT2D eigenvalue weighted by atomic mass is 9.98. The Hall–Kier alpha value is -4.82. The second kappa shape index (κ2) is 22.5. The average Bonchev–Trinajstić information content (AvgIpc) is 3.25. The Kier molecular flexibility index (Phi) is 16.3. The van der Waals surface area contributed by atoms with Crippen LogP contribution >= 0.6 is 0 Å². The molecule has 2 heterocycles. The lowest BCUT2D eigenvalue weighted by Crippen LogP contribution is -2.39. The van der Waals surface area contributed by atoms with Crippen LogP contribution in [-0.4, -0.2) is 58.6 Å². The number of rotatable bonds is 15. The average molecular weight is 743 g/mol. The molecule has 0 aliphatic carbocycles. The van der Waals surface area contributed by atoms with Crippen molar-refractivity contribution in [1.82, 2.24) is 0 Å². The van der Waals surface area contributed by atoms with Gasteiger partial charge in [-0.3, -0.25) is 4.79 Å². The van der Waals surface area contributed by atoms with E-state index in [9.17, 15) is 4.79 Å². The van der Waals surface area contributed by atoms with Crippen LogP contribution in [0.3, 0.4) is 0 Å². The van der Waals surface area contributed by atoms with Gasteiger partial charge in [-0.25, -0.2) is 0 Å². The number of nitrogens with zero attached hydrogens (tertiary/aromatic N) is 1. The van der Waals surface area contributed by atoms with Crippen molar-refractivity contribution in [1.29, 1.82) is 0 Å². The molecule has 0 amide bonds. The Bertz CT molecular complexity index is 1800. The van der Waals surface area contributed by atoms with E-state index in [-0.39, 0.29) is 5.78 Å². The number of fused-ring (bicyclic) bond motifs is 1. The van der Waals surface area contributed by atoms with Crippen molar-refractivity contribution in [3.63, 3.8) is 0 Å². The Morgan fingerprint density at radius 1 is 0.436 bits per heavy atom. The van der Waals surface area contributed by atoms with Crippen molar-refractivity contribution in [2.75, 3.05) is 52.9 Å². The summed E-state index contributed by atoms with van der Waals surface area (Å²) in [6, 6.07) is 42.4. The molecular weight excluding hydrogens is 687 g/mol. The molecule has 288 valence electrons. The first-order chi connectivity index (χ1) is 27.3. The number of ether oxygens (including phenoxy) is 5. The molecule has 1 aliphatic rings. The van der Waals surface area contributed by atoms with Gasteiger partial charge in [0, 0.05) is 41.7 Å². The van der Waals surface area contributed by atoms with Gasteiger partial charge < -0.3 is 23.7 Å². The van der Waals surface area contributed by atoms with Crippen molar-refractivity contribution in [2.45, 2.75) is 64.3 Å². The molecule has 1 aliphatic heterocycles. The van der Waals surface area contributed by atoms with E-state index in [1.165, 1.54) is 59.3 Å². The Morgan fingerprint density at radius 3 is 1.44 bits per heavy atom. The minimum absolute atomic E-state index is 0.137. The van der Waals surface area contributed by atoms with Crippen molar-refractivity contribution in [2.24, 2.45) is 0 Å². The highest BCUT2D eigenvalue weighted by Crippen LogP contribution is 2.31. The highest BCUT2D eigenvalue weighted by molar-refractivity contribution is 5.96. The Morgan fingerprint density at radius 2 is 0.891 bits per heavy atom. The van der Waals surface area contributed by atoms with Crippen LogP contribution in [0.4, 0.5) is 0 Å². The third kappa shape index (κ3) is 12.6. The fourth-order valence-electron chi connectivity index (χ4n) is 6.99. The molecule has 7 nitrogen and oxygen atoms in total. The number of hydrogen-bond acceptors (Lipinski definition) is 6. The number of unbranched alkanes of at least 4 members (excludes halogenated alkanes) is 7. The standard InChI is InChI=1S/C48H56NO6/c50-46(42-25-26-47-48(38-42)55-35-33-53-31-29-51-28-30-52-32-34-54-47)24-16-5-3-1-2-4-6-17-27-49-44(40-20-12-8-13-21-40)36-43(39-18-10-7-11-19-39)37-45(49)41-22-14-9-15-23-41/h7-15,18-23,25-26,36-38H,1-6,16-17,24,27-35H2/q+1. The number of ketones is 1. The molecule has 7 heteroatoms. The maximum absolute atomic E-state index is 13.1. The lowest BCUT2D eigenvalue weighted by molar-refractivity contribution is -0.675. The fourth-order valence-corrected chi connectivity index (χ4v) is 6.99. The zero-order valence-electron chi connectivity index (χ0n) is 32.2. The number of carbonyl (C=O) groups excluding carboxylic acids is 1. The van der Waals surface area contributed by atoms with Gasteiger partial charge in [-0.1, -0.05) is 98.8 Å². The first kappa shape index (κ1) is 39.9. The van der Waals surface area contributed by atoms with E-state index in [2.05, 4.69) is 108 Å². The van der Waals surface area contributed by atoms with Crippen LogP contribution in [0, 0.1) is 0 Å². The number of pyridine rings is 1. The number of aromatic nitrogens is 1. The van der Waals surface area contributed by atoms with Crippen LogP contribution in [-0.2, 0) is 20.8 Å². The molecule has 0 radical (unpaired) electrons. The maximum atomic E-state index is 13.1. The van der Waals surface area contributed by atoms with E-state index in [0.29, 0.717) is 76.3 Å². The van der Waals surface area contributed by atoms with Crippen LogP contribution < -0.4 is 14.0 Å². The molecule has 0 saturated heterocycles. The van der Waals surface area contributed by atoms with Gasteiger partial charge in [-0.05, 0) is 66.4 Å². The number of carbonyl (C=O) groups is 1. The van der Waals surface area contributed by atoms with Crippen molar-refractivity contribution in [3.8, 4) is 45.1 Å². The molecule has 55 heavy (non-hydrogen) atoms. The van der Waals surface area contributed by atoms with Crippen molar-refractivity contribution in [3.05, 3.63) is 127 Å². The van der Waals surface area contributed by atoms with Gasteiger partial charge in [0.25, 0.3) is 0 Å². The van der Waals surface area contributed by atoms with Gasteiger partial charge in [0.1, 0.15) is 19.8 Å². The Balaban J connectivity index is 0.963. The molecular formula is C48H56NO6+. The van der Waals surface area contributed by atoms with Gasteiger partial charge in [0.05, 0.1) is 39.6 Å². The molecule has 4 aromatic carbocycles. The minimum Gasteiger partial charge on any atom is -0.487 e. The predicted molar refractivity (Wildman–Crippen MR) is 219 cm³/mol. The zero-order chi connectivity index (χ0) is 37.8. The SMILES string of the molecule is O=C(CCCCCCCCCC[n+]1c(-c2ccccc2)cc(-c2ccccc2)cc1-c1ccccc1)c1ccc2c(c1)OCCOCCOCCOCCO2. The smallest absolute Gasteiger partial charge is 0.213 e. The summed E-state index contributed by atoms with van der Waals surface area (Å²) in [5.74, 6) is 1.31. The van der Waals surface area contributed by atoms with Gasteiger partial charge in [-0.15, -0.1) is 0 Å². The highest BCUT2D eigenvalue weighted by atomic mass is 16.6. The number of benzene rings is 4. The highest BCUT2D eigenvalue weighted by Gasteiger charge is 2.22. The van der Waals surface area contributed by atoms with Crippen LogP contribution in [0.15, 0.2) is 121 Å². The number of hydrogen-bond donors (Lipinski definition) is 0. The second-order valence-electron chi connectivity index (χ2n) is 14.0. The molecule has 0 unspecified atom stereocenters. The van der Waals surface area contributed by atoms with Crippen LogP contribution in [0.5, 0.6) is 11.5 Å². The summed E-state index contributed by atoms with van der Waals surface area (Å²) in [4.78, 5) is 13.1. The van der Waals surface area contributed by atoms with Crippen molar-refractivity contribution < 1.29 is 33.0 Å². The zero-order valence-corrected chi connectivity index (χ0v) is 32.2. The van der Waals surface area contributed by atoms with E-state index in [1.54, 1.807) is 6.07 Å². The minimum atomic E-state index is 0.137. The second-order valence-corrected chi connectivity index (χ2v) is 14.0. The molecule has 0 N–H and O–H groups in total. The molecule has 0 spiro atoms. The molecule has 0 bridgehead atoms. The summed E-state index contributed by atoms with van der Waals surface area (Å²) in [5, 5.41) is 0. The first-order valence-corrected chi connectivity index (χ1v) is 20.2. The summed E-state index contributed by atoms with van der Waals surface area (Å²) in [6.45, 7) is 4.67. The third-order valence-electron chi connectivity index (χ3n) is 9.93. The van der Waals surface area contributed by atoms with E-state index < -0.39 is 0 Å². The van der Waals surface area contributed by atoms with E-state index in [4.69, 9.17) is 23.7 Å². The third-order valence-corrected chi connectivity index (χ3v) is 9.93. The van der Waals surface area contributed by atoms with E-state index in [1.807, 2.05) is 12.1 Å². The molecule has 1 aromatic heterocycles. The summed E-state index contributed by atoms with van der Waals surface area (Å²) in [5.41, 5.74) is 8.07. The topological polar surface area (TPSA) is 67.1 Å². The summed E-state index contributed by atoms with van der Waals surface area (Å²) < 4.78 is 31.0. The van der Waals surface area contributed by atoms with Gasteiger partial charge in [0.15, 0.2) is 17.3 Å². The normalized spacial score (nSPS) is 14.1. The van der Waals surface area contributed by atoms with Gasteiger partial charge in [-0.2, -0.15) is 4.57 Å². The molecule has 0 fully saturated rings. The largest absolute Gasteiger partial charge is 0.487 e. The van der Waals surface area contributed by atoms with Gasteiger partial charge in [0.2, 0.25) is 11.4 Å². The Labute approximate surface area is 327 Å². The van der Waals surface area contributed by atoms with Crippen LogP contribution in [0.25, 0.3) is 33.6 Å². The maximum Gasteiger partial charge on any atom is 0.213 e. The lowest BCUT2D eigenvalue weighted by Gasteiger charge is -2.14. The number of Topliss-reactive ketones (excluding diaryl/α,β-unsaturated/α-hetero) is 1. The summed E-state index contributed by atoms with van der Waals surface area (Å²) in [6.07, 6.45) is 9.55. The van der Waals surface area contributed by atoms with Crippen LogP contribution in [0.1, 0.15) is 68.1 Å². The van der Waals surface area contributed by atoms with E-state index >= 15 is 0 Å². The molecule has 6 rings (SSSR count). The van der Waals surface area contributed by atoms with Gasteiger partial charge >= 0.3 is 0 Å².